The van der Waals surface area contributed by atoms with Gasteiger partial charge in [0.25, 0.3) is 0 Å². The lowest BCUT2D eigenvalue weighted by molar-refractivity contribution is -0.142. The van der Waals surface area contributed by atoms with Crippen LogP contribution in [0.1, 0.15) is 12.6 Å². The second-order valence-electron chi connectivity index (χ2n) is 2.58. The van der Waals surface area contributed by atoms with Crippen LogP contribution in [0.3, 0.4) is 0 Å². The molecule has 0 spiro atoms. The molecule has 0 aliphatic carbocycles. The van der Waals surface area contributed by atoms with Gasteiger partial charge in [-0.25, -0.2) is 4.98 Å². The molecular weight excluding hydrogens is 269 g/mol. The van der Waals surface area contributed by atoms with Crippen LogP contribution in [0.5, 0.6) is 0 Å². The molecule has 0 aliphatic rings. The molecule has 3 nitrogen and oxygen atoms in total. The molecule has 0 radical (unpaired) electrons. The molecule has 14 heavy (non-hydrogen) atoms. The van der Waals surface area contributed by atoms with Crippen molar-refractivity contribution >= 4 is 33.5 Å². The van der Waals surface area contributed by atoms with Crippen molar-refractivity contribution in [3.05, 3.63) is 27.5 Å². The molecule has 0 aliphatic heterocycles. The largest absolute Gasteiger partial charge is 0.466 e. The van der Waals surface area contributed by atoms with Crippen molar-refractivity contribution in [2.24, 2.45) is 0 Å². The van der Waals surface area contributed by atoms with Crippen molar-refractivity contribution in [1.29, 1.82) is 0 Å². The lowest BCUT2D eigenvalue weighted by Gasteiger charge is -2.02. The summed E-state index contributed by atoms with van der Waals surface area (Å²) in [5.41, 5.74) is 0.600. The van der Waals surface area contributed by atoms with Gasteiger partial charge in [-0.15, -0.1) is 0 Å². The van der Waals surface area contributed by atoms with Crippen LogP contribution < -0.4 is 0 Å². The van der Waals surface area contributed by atoms with Crippen molar-refractivity contribution in [3.63, 3.8) is 0 Å². The zero-order chi connectivity index (χ0) is 10.6. The molecule has 76 valence electrons. The SMILES string of the molecule is CCOC(=O)Cc1cc(Br)cc(Cl)n1. The van der Waals surface area contributed by atoms with Crippen molar-refractivity contribution in [3.8, 4) is 0 Å². The van der Waals surface area contributed by atoms with Gasteiger partial charge in [-0.2, -0.15) is 0 Å². The van der Waals surface area contributed by atoms with E-state index in [1.165, 1.54) is 0 Å². The summed E-state index contributed by atoms with van der Waals surface area (Å²) < 4.78 is 5.59. The summed E-state index contributed by atoms with van der Waals surface area (Å²) in [5, 5.41) is 0.360. The number of esters is 1. The van der Waals surface area contributed by atoms with Crippen LogP contribution in [0, 0.1) is 0 Å². The maximum atomic E-state index is 11.1. The Morgan fingerprint density at radius 1 is 1.64 bits per heavy atom. The number of carbonyl (C=O) groups is 1. The van der Waals surface area contributed by atoms with Gasteiger partial charge in [-0.3, -0.25) is 4.79 Å². The Hall–Kier alpha value is -0.610. The summed E-state index contributed by atoms with van der Waals surface area (Å²) in [5.74, 6) is -0.297. The lowest BCUT2D eigenvalue weighted by atomic mass is 10.3. The standard InChI is InChI=1S/C9H9BrClNO2/c1-2-14-9(13)5-7-3-6(10)4-8(11)12-7/h3-4H,2,5H2,1H3. The number of nitrogens with zero attached hydrogens (tertiary/aromatic N) is 1. The van der Waals surface area contributed by atoms with Crippen LogP contribution in [0.4, 0.5) is 0 Å². The number of aromatic nitrogens is 1. The maximum absolute atomic E-state index is 11.1. The first kappa shape index (κ1) is 11.5. The van der Waals surface area contributed by atoms with Crippen LogP contribution in [0.25, 0.3) is 0 Å². The summed E-state index contributed by atoms with van der Waals surface area (Å²) in [4.78, 5) is 15.1. The van der Waals surface area contributed by atoms with E-state index < -0.39 is 0 Å². The Balaban J connectivity index is 2.71. The molecule has 0 atom stereocenters. The summed E-state index contributed by atoms with van der Waals surface area (Å²) in [6.45, 7) is 2.14. The molecule has 0 fully saturated rings. The van der Waals surface area contributed by atoms with Crippen molar-refractivity contribution < 1.29 is 9.53 Å². The highest BCUT2D eigenvalue weighted by Crippen LogP contribution is 2.16. The normalized spacial score (nSPS) is 9.93. The molecule has 1 aromatic heterocycles. The average molecular weight is 279 g/mol. The number of hydrogen-bond donors (Lipinski definition) is 0. The quantitative estimate of drug-likeness (QED) is 0.630. The molecule has 1 rings (SSSR count). The highest BCUT2D eigenvalue weighted by molar-refractivity contribution is 9.10. The minimum atomic E-state index is -0.297. The molecule has 0 aromatic carbocycles. The third kappa shape index (κ3) is 3.64. The van der Waals surface area contributed by atoms with Gasteiger partial charge in [0.05, 0.1) is 18.7 Å². The first-order valence-electron chi connectivity index (χ1n) is 4.09. The molecule has 0 bridgehead atoms. The fourth-order valence-electron chi connectivity index (χ4n) is 0.967. The van der Waals surface area contributed by atoms with Crippen LogP contribution in [-0.4, -0.2) is 17.6 Å². The molecule has 1 aromatic rings. The van der Waals surface area contributed by atoms with Gasteiger partial charge >= 0.3 is 5.97 Å². The fraction of sp³-hybridized carbons (Fsp3) is 0.333. The lowest BCUT2D eigenvalue weighted by Crippen LogP contribution is -2.08. The smallest absolute Gasteiger partial charge is 0.311 e. The van der Waals surface area contributed by atoms with E-state index in [2.05, 4.69) is 20.9 Å². The maximum Gasteiger partial charge on any atom is 0.311 e. The number of rotatable bonds is 3. The van der Waals surface area contributed by atoms with E-state index in [4.69, 9.17) is 16.3 Å². The molecule has 0 amide bonds. The number of pyridine rings is 1. The zero-order valence-corrected chi connectivity index (χ0v) is 9.93. The Morgan fingerprint density at radius 3 is 2.93 bits per heavy atom. The van der Waals surface area contributed by atoms with Gasteiger partial charge in [-0.1, -0.05) is 27.5 Å². The summed E-state index contributed by atoms with van der Waals surface area (Å²) in [7, 11) is 0. The van der Waals surface area contributed by atoms with E-state index in [0.717, 1.165) is 4.47 Å². The fourth-order valence-corrected chi connectivity index (χ4v) is 1.81. The summed E-state index contributed by atoms with van der Waals surface area (Å²) >= 11 is 8.98. The van der Waals surface area contributed by atoms with Gasteiger partial charge in [0, 0.05) is 4.47 Å². The van der Waals surface area contributed by atoms with Gasteiger partial charge in [0.1, 0.15) is 5.15 Å². The molecule has 0 unspecified atom stereocenters. The minimum absolute atomic E-state index is 0.146. The molecule has 0 saturated heterocycles. The highest BCUT2D eigenvalue weighted by atomic mass is 79.9. The van der Waals surface area contributed by atoms with Crippen LogP contribution >= 0.6 is 27.5 Å². The van der Waals surface area contributed by atoms with E-state index in [1.54, 1.807) is 19.1 Å². The molecule has 1 heterocycles. The number of halogens is 2. The third-order valence-electron chi connectivity index (χ3n) is 1.44. The van der Waals surface area contributed by atoms with Crippen LogP contribution in [-0.2, 0) is 16.0 Å². The van der Waals surface area contributed by atoms with E-state index in [0.29, 0.717) is 17.5 Å². The second kappa shape index (κ2) is 5.32. The number of carbonyl (C=O) groups excluding carboxylic acids is 1. The summed E-state index contributed by atoms with van der Waals surface area (Å²) in [6, 6.07) is 3.40. The van der Waals surface area contributed by atoms with E-state index in [9.17, 15) is 4.79 Å². The predicted octanol–water partition coefficient (Wildman–Crippen LogP) is 2.60. The predicted molar refractivity (Wildman–Crippen MR) is 57.3 cm³/mol. The Kier molecular flexibility index (Phi) is 4.35. The van der Waals surface area contributed by atoms with Gasteiger partial charge in [0.2, 0.25) is 0 Å². The number of hydrogen-bond acceptors (Lipinski definition) is 3. The highest BCUT2D eigenvalue weighted by Gasteiger charge is 2.06. The molecule has 5 heteroatoms. The minimum Gasteiger partial charge on any atom is -0.466 e. The molecular formula is C9H9BrClNO2. The second-order valence-corrected chi connectivity index (χ2v) is 3.88. The molecule has 0 N–H and O–H groups in total. The average Bonchev–Trinajstić information content (AvgIpc) is 2.01. The van der Waals surface area contributed by atoms with Crippen LogP contribution in [0.15, 0.2) is 16.6 Å². The van der Waals surface area contributed by atoms with Gasteiger partial charge in [0.15, 0.2) is 0 Å². The monoisotopic (exact) mass is 277 g/mol. The van der Waals surface area contributed by atoms with Crippen molar-refractivity contribution in [2.75, 3.05) is 6.61 Å². The zero-order valence-electron chi connectivity index (χ0n) is 7.59. The number of ether oxygens (including phenoxy) is 1. The topological polar surface area (TPSA) is 39.2 Å². The third-order valence-corrected chi connectivity index (χ3v) is 2.09. The van der Waals surface area contributed by atoms with Crippen LogP contribution in [0.2, 0.25) is 5.15 Å². The Bertz CT molecular complexity index is 323. The van der Waals surface area contributed by atoms with E-state index >= 15 is 0 Å². The van der Waals surface area contributed by atoms with Gasteiger partial charge < -0.3 is 4.74 Å². The Labute approximate surface area is 95.6 Å². The first-order valence-corrected chi connectivity index (χ1v) is 5.26. The van der Waals surface area contributed by atoms with Crippen molar-refractivity contribution in [2.45, 2.75) is 13.3 Å². The summed E-state index contributed by atoms with van der Waals surface area (Å²) in [6.07, 6.45) is 0.146. The molecule has 0 saturated carbocycles. The first-order chi connectivity index (χ1) is 6.61. The van der Waals surface area contributed by atoms with E-state index in [1.807, 2.05) is 0 Å². The van der Waals surface area contributed by atoms with Crippen molar-refractivity contribution in [1.82, 2.24) is 4.98 Å². The van der Waals surface area contributed by atoms with Gasteiger partial charge in [-0.05, 0) is 19.1 Å². The van der Waals surface area contributed by atoms with E-state index in [-0.39, 0.29) is 12.4 Å². The Morgan fingerprint density at radius 2 is 2.36 bits per heavy atom.